The third-order valence-corrected chi connectivity index (χ3v) is 6.85. The van der Waals surface area contributed by atoms with Crippen molar-refractivity contribution in [3.05, 3.63) is 64.7 Å². The minimum atomic E-state index is -0.239. The van der Waals surface area contributed by atoms with Crippen LogP contribution >= 0.6 is 23.4 Å². The van der Waals surface area contributed by atoms with Crippen molar-refractivity contribution in [2.24, 2.45) is 10.9 Å². The normalized spacial score (nSPS) is 22.5. The molecule has 3 atom stereocenters. The van der Waals surface area contributed by atoms with E-state index in [0.717, 1.165) is 17.7 Å². The van der Waals surface area contributed by atoms with Crippen LogP contribution in [0.1, 0.15) is 18.1 Å². The maximum atomic E-state index is 12.5. The van der Waals surface area contributed by atoms with Gasteiger partial charge >= 0.3 is 0 Å². The lowest BCUT2D eigenvalue weighted by Crippen LogP contribution is -2.50. The lowest BCUT2D eigenvalue weighted by Gasteiger charge is -2.36. The summed E-state index contributed by atoms with van der Waals surface area (Å²) >= 11 is 7.61. The number of benzene rings is 2. The van der Waals surface area contributed by atoms with Crippen LogP contribution in [0, 0.1) is 18.3 Å². The maximum absolute atomic E-state index is 12.5. The van der Waals surface area contributed by atoms with Crippen LogP contribution in [0.3, 0.4) is 0 Å². The van der Waals surface area contributed by atoms with Crippen molar-refractivity contribution < 1.29 is 4.79 Å². The molecule has 7 nitrogen and oxygen atoms in total. The highest BCUT2D eigenvalue weighted by molar-refractivity contribution is 8.14. The van der Waals surface area contributed by atoms with Gasteiger partial charge in [0.1, 0.15) is 12.0 Å². The second-order valence-electron chi connectivity index (χ2n) is 7.99. The standard InChI is InChI=1S/C23H27ClN6OS/c1-14-8-9-17(24)12-18(14)30-21(25)20-15(2)28-29-22(20)27-23(30)32-13-19(31)26-11-10-16-6-4-3-5-7-16/h3-9,12,15,20,22,25,28-29H,10-11,13H2,1-2H3,(H,26,31). The van der Waals surface area contributed by atoms with Gasteiger partial charge in [-0.3, -0.25) is 20.5 Å². The number of fused-ring (bicyclic) bond motifs is 1. The molecule has 2 aromatic rings. The second kappa shape index (κ2) is 10.0. The Morgan fingerprint density at radius 3 is 2.81 bits per heavy atom. The average Bonchev–Trinajstić information content (AvgIpc) is 3.16. The molecule has 0 saturated carbocycles. The molecule has 0 spiro atoms. The Morgan fingerprint density at radius 1 is 1.25 bits per heavy atom. The number of carbonyl (C=O) groups is 1. The maximum Gasteiger partial charge on any atom is 0.230 e. The summed E-state index contributed by atoms with van der Waals surface area (Å²) in [4.78, 5) is 19.2. The molecule has 2 heterocycles. The predicted octanol–water partition coefficient (Wildman–Crippen LogP) is 3.33. The molecule has 9 heteroatoms. The van der Waals surface area contributed by atoms with Crippen LogP contribution in [0.15, 0.2) is 53.5 Å². The van der Waals surface area contributed by atoms with Crippen LogP contribution in [0.5, 0.6) is 0 Å². The topological polar surface area (TPSA) is 92.6 Å². The quantitative estimate of drug-likeness (QED) is 0.519. The third-order valence-electron chi connectivity index (χ3n) is 5.66. The molecule has 0 bridgehead atoms. The molecule has 2 aliphatic rings. The number of thioether (sulfide) groups is 1. The van der Waals surface area contributed by atoms with E-state index >= 15 is 0 Å². The van der Waals surface area contributed by atoms with E-state index < -0.39 is 0 Å². The molecule has 0 radical (unpaired) electrons. The van der Waals surface area contributed by atoms with E-state index in [0.29, 0.717) is 22.6 Å². The largest absolute Gasteiger partial charge is 0.355 e. The van der Waals surface area contributed by atoms with Crippen LogP contribution in [0.4, 0.5) is 5.69 Å². The Labute approximate surface area is 197 Å². The van der Waals surface area contributed by atoms with Crippen molar-refractivity contribution in [1.29, 1.82) is 5.41 Å². The fourth-order valence-electron chi connectivity index (χ4n) is 3.93. The fourth-order valence-corrected chi connectivity index (χ4v) is 4.97. The van der Waals surface area contributed by atoms with Crippen molar-refractivity contribution in [1.82, 2.24) is 16.2 Å². The molecule has 2 aliphatic heterocycles. The molecule has 1 saturated heterocycles. The van der Waals surface area contributed by atoms with E-state index in [1.807, 2.05) is 55.1 Å². The van der Waals surface area contributed by atoms with Gasteiger partial charge in [-0.2, -0.15) is 0 Å². The van der Waals surface area contributed by atoms with Crippen LogP contribution < -0.4 is 21.1 Å². The first-order chi connectivity index (χ1) is 15.4. The van der Waals surface area contributed by atoms with Gasteiger partial charge in [0.05, 0.1) is 17.4 Å². The van der Waals surface area contributed by atoms with Gasteiger partial charge in [-0.1, -0.05) is 59.8 Å². The Bertz CT molecular complexity index is 1030. The van der Waals surface area contributed by atoms with Crippen LogP contribution in [0.25, 0.3) is 0 Å². The number of nitrogens with zero attached hydrogens (tertiary/aromatic N) is 2. The van der Waals surface area contributed by atoms with Crippen molar-refractivity contribution in [3.63, 3.8) is 0 Å². The van der Waals surface area contributed by atoms with Crippen molar-refractivity contribution in [3.8, 4) is 0 Å². The van der Waals surface area contributed by atoms with Gasteiger partial charge in [0.15, 0.2) is 5.17 Å². The Morgan fingerprint density at radius 2 is 2.03 bits per heavy atom. The Hall–Kier alpha value is -2.39. The molecular formula is C23H27ClN6OS. The summed E-state index contributed by atoms with van der Waals surface area (Å²) in [5.41, 5.74) is 9.34. The zero-order valence-corrected chi connectivity index (χ0v) is 19.6. The Balaban J connectivity index is 1.47. The molecular weight excluding hydrogens is 444 g/mol. The summed E-state index contributed by atoms with van der Waals surface area (Å²) in [7, 11) is 0. The number of hydrazine groups is 1. The molecule has 4 N–H and O–H groups in total. The summed E-state index contributed by atoms with van der Waals surface area (Å²) in [5, 5.41) is 13.1. The molecule has 3 unspecified atom stereocenters. The molecule has 4 rings (SSSR count). The summed E-state index contributed by atoms with van der Waals surface area (Å²) in [5.74, 6) is 0.484. The summed E-state index contributed by atoms with van der Waals surface area (Å²) in [6, 6.07) is 15.8. The number of hydrogen-bond donors (Lipinski definition) is 4. The van der Waals surface area contributed by atoms with Gasteiger partial charge in [0.25, 0.3) is 0 Å². The number of hydrogen-bond acceptors (Lipinski definition) is 6. The summed E-state index contributed by atoms with van der Waals surface area (Å²) in [6.07, 6.45) is 0.547. The minimum absolute atomic E-state index is 0.0593. The highest BCUT2D eigenvalue weighted by atomic mass is 35.5. The van der Waals surface area contributed by atoms with Gasteiger partial charge < -0.3 is 5.32 Å². The predicted molar refractivity (Wildman–Crippen MR) is 132 cm³/mol. The number of aryl methyl sites for hydroxylation is 1. The molecule has 1 fully saturated rings. The molecule has 2 aromatic carbocycles. The van der Waals surface area contributed by atoms with Gasteiger partial charge in [0, 0.05) is 17.6 Å². The van der Waals surface area contributed by atoms with E-state index in [-0.39, 0.29) is 29.8 Å². The minimum Gasteiger partial charge on any atom is -0.355 e. The lowest BCUT2D eigenvalue weighted by molar-refractivity contribution is -0.118. The first-order valence-electron chi connectivity index (χ1n) is 10.6. The zero-order chi connectivity index (χ0) is 22.7. The average molecular weight is 471 g/mol. The first-order valence-corrected chi connectivity index (χ1v) is 12.0. The van der Waals surface area contributed by atoms with Crippen molar-refractivity contribution in [2.45, 2.75) is 32.5 Å². The van der Waals surface area contributed by atoms with Gasteiger partial charge in [-0.25, -0.2) is 10.4 Å². The van der Waals surface area contributed by atoms with E-state index in [4.69, 9.17) is 22.0 Å². The number of carbonyl (C=O) groups excluding carboxylic acids is 1. The van der Waals surface area contributed by atoms with Gasteiger partial charge in [-0.15, -0.1) is 0 Å². The van der Waals surface area contributed by atoms with Crippen molar-refractivity contribution in [2.75, 3.05) is 17.2 Å². The number of rotatable bonds is 6. The number of anilines is 1. The van der Waals surface area contributed by atoms with Crippen LogP contribution in [-0.2, 0) is 11.2 Å². The van der Waals surface area contributed by atoms with Gasteiger partial charge in [0.2, 0.25) is 5.91 Å². The molecule has 1 amide bonds. The van der Waals surface area contributed by atoms with Crippen molar-refractivity contribution >= 4 is 46.0 Å². The smallest absolute Gasteiger partial charge is 0.230 e. The number of amides is 1. The van der Waals surface area contributed by atoms with E-state index in [1.54, 1.807) is 0 Å². The van der Waals surface area contributed by atoms with E-state index in [9.17, 15) is 4.79 Å². The summed E-state index contributed by atoms with van der Waals surface area (Å²) in [6.45, 7) is 4.59. The highest BCUT2D eigenvalue weighted by Gasteiger charge is 2.44. The monoisotopic (exact) mass is 470 g/mol. The van der Waals surface area contributed by atoms with Crippen LogP contribution in [-0.4, -0.2) is 41.4 Å². The second-order valence-corrected chi connectivity index (χ2v) is 9.36. The fraction of sp³-hybridized carbons (Fsp3) is 0.348. The Kier molecular flexibility index (Phi) is 7.15. The lowest BCUT2D eigenvalue weighted by atomic mass is 9.96. The molecule has 0 aromatic heterocycles. The molecule has 32 heavy (non-hydrogen) atoms. The summed E-state index contributed by atoms with van der Waals surface area (Å²) < 4.78 is 0. The van der Waals surface area contributed by atoms with Crippen LogP contribution in [0.2, 0.25) is 5.02 Å². The number of aliphatic imine (C=N–C) groups is 1. The SMILES string of the molecule is Cc1ccc(Cl)cc1N1C(=N)C2C(C)NNC2N=C1SCC(=O)NCCc1ccccc1. The highest BCUT2D eigenvalue weighted by Crippen LogP contribution is 2.34. The number of amidine groups is 2. The first kappa shape index (κ1) is 22.8. The molecule has 0 aliphatic carbocycles. The zero-order valence-electron chi connectivity index (χ0n) is 18.1. The van der Waals surface area contributed by atoms with Gasteiger partial charge in [-0.05, 0) is 43.5 Å². The number of halogens is 1. The van der Waals surface area contributed by atoms with E-state index in [1.165, 1.54) is 17.3 Å². The number of nitrogens with one attached hydrogen (secondary N) is 4. The third kappa shape index (κ3) is 4.99. The molecule has 168 valence electrons. The van der Waals surface area contributed by atoms with E-state index in [2.05, 4.69) is 28.3 Å².